The molecule has 0 aliphatic carbocycles. The molecule has 170 valence electrons. The molecule has 0 saturated carbocycles. The number of rotatable bonds is 10. The first-order valence-electron chi connectivity index (χ1n) is 9.39. The molecule has 0 aliphatic heterocycles. The lowest BCUT2D eigenvalue weighted by atomic mass is 10.0. The Hall–Kier alpha value is -2.94. The fourth-order valence-electron chi connectivity index (χ4n) is 2.73. The predicted octanol–water partition coefficient (Wildman–Crippen LogP) is 4.47. The number of aryl methyl sites for hydroxylation is 1. The normalized spacial score (nSPS) is 11.5. The molecular formula is C21H26ClF3N4O2. The van der Waals surface area contributed by atoms with Crippen molar-refractivity contribution in [3.8, 4) is 0 Å². The molecule has 10 heteroatoms. The van der Waals surface area contributed by atoms with E-state index in [1.807, 2.05) is 48.3 Å². The van der Waals surface area contributed by atoms with Crippen molar-refractivity contribution in [3.05, 3.63) is 58.6 Å². The number of hydrogen-bond acceptors (Lipinski definition) is 4. The second kappa shape index (κ2) is 12.7. The minimum absolute atomic E-state index is 0.188. The van der Waals surface area contributed by atoms with E-state index in [2.05, 4.69) is 29.2 Å². The Morgan fingerprint density at radius 1 is 1.13 bits per heavy atom. The van der Waals surface area contributed by atoms with E-state index in [4.69, 9.17) is 11.6 Å². The van der Waals surface area contributed by atoms with Crippen LogP contribution in [-0.2, 0) is 16.0 Å². The Labute approximate surface area is 184 Å². The van der Waals surface area contributed by atoms with Gasteiger partial charge in [-0.15, -0.1) is 0 Å². The number of amides is 2. The highest BCUT2D eigenvalue weighted by Crippen LogP contribution is 2.24. The Kier molecular flexibility index (Phi) is 10.7. The molecule has 0 radical (unpaired) electrons. The molecule has 0 fully saturated rings. The second-order valence-corrected chi connectivity index (χ2v) is 7.12. The summed E-state index contributed by atoms with van der Waals surface area (Å²) in [4.78, 5) is 23.5. The summed E-state index contributed by atoms with van der Waals surface area (Å²) in [5.41, 5.74) is 8.99. The molecule has 6 nitrogen and oxygen atoms in total. The van der Waals surface area contributed by atoms with Crippen molar-refractivity contribution in [1.82, 2.24) is 10.7 Å². The summed E-state index contributed by atoms with van der Waals surface area (Å²) in [6.07, 6.45) is -1.85. The van der Waals surface area contributed by atoms with Gasteiger partial charge in [0.05, 0.1) is 11.7 Å². The smallest absolute Gasteiger partial charge is 0.372 e. The second-order valence-electron chi connectivity index (χ2n) is 6.68. The van der Waals surface area contributed by atoms with Crippen LogP contribution in [0.1, 0.15) is 31.0 Å². The number of anilines is 2. The standard InChI is InChI=1S/C19H23ClN4O2.C2H3F3/c1-3-14-7-15(9-16(20)8-14)19(21-12-25)11-24(2)18-6-4-5-17(10-18)23-22-13-26;1-2(3,4)5/h4-10,12-13,19,23H,3,11H2,1-2H3,(H,21,25)(H,22,26);1H3. The summed E-state index contributed by atoms with van der Waals surface area (Å²) >= 11 is 6.22. The van der Waals surface area contributed by atoms with Crippen molar-refractivity contribution in [2.24, 2.45) is 0 Å². The van der Waals surface area contributed by atoms with Gasteiger partial charge >= 0.3 is 6.18 Å². The number of carbonyl (C=O) groups excluding carboxylic acids is 2. The topological polar surface area (TPSA) is 73.5 Å². The molecule has 2 aromatic carbocycles. The zero-order chi connectivity index (χ0) is 23.4. The lowest BCUT2D eigenvalue weighted by Crippen LogP contribution is -2.32. The van der Waals surface area contributed by atoms with Gasteiger partial charge in [-0.1, -0.05) is 30.7 Å². The maximum absolute atomic E-state index is 11.1. The number of hydrazine groups is 1. The highest BCUT2D eigenvalue weighted by atomic mass is 35.5. The van der Waals surface area contributed by atoms with Crippen molar-refractivity contribution < 1.29 is 22.8 Å². The van der Waals surface area contributed by atoms with Crippen LogP contribution in [0.25, 0.3) is 0 Å². The van der Waals surface area contributed by atoms with E-state index in [0.29, 0.717) is 24.4 Å². The molecule has 31 heavy (non-hydrogen) atoms. The van der Waals surface area contributed by atoms with Crippen LogP contribution in [0, 0.1) is 0 Å². The van der Waals surface area contributed by atoms with Crippen molar-refractivity contribution in [2.45, 2.75) is 32.5 Å². The van der Waals surface area contributed by atoms with Crippen molar-refractivity contribution in [3.63, 3.8) is 0 Å². The SMILES string of the molecule is CC(F)(F)F.CCc1cc(Cl)cc(C(CN(C)c2cccc(NNC=O)c2)NC=O)c1. The third kappa shape index (κ3) is 10.6. The number of alkyl halides is 3. The molecule has 0 spiro atoms. The number of carbonyl (C=O) groups is 2. The number of hydrogen-bond donors (Lipinski definition) is 3. The van der Waals surface area contributed by atoms with Gasteiger partial charge in [-0.3, -0.25) is 20.4 Å². The average molecular weight is 459 g/mol. The molecule has 0 saturated heterocycles. The number of nitrogens with one attached hydrogen (secondary N) is 3. The Bertz CT molecular complexity index is 844. The molecule has 2 rings (SSSR count). The molecule has 2 aromatic rings. The predicted molar refractivity (Wildman–Crippen MR) is 117 cm³/mol. The van der Waals surface area contributed by atoms with Gasteiger partial charge in [0, 0.05) is 31.2 Å². The summed E-state index contributed by atoms with van der Waals surface area (Å²) in [5.74, 6) is 0. The summed E-state index contributed by atoms with van der Waals surface area (Å²) < 4.78 is 31.1. The van der Waals surface area contributed by atoms with Crippen LogP contribution < -0.4 is 21.1 Å². The highest BCUT2D eigenvalue weighted by molar-refractivity contribution is 6.30. The van der Waals surface area contributed by atoms with Crippen LogP contribution in [0.4, 0.5) is 24.5 Å². The molecule has 1 atom stereocenters. The van der Waals surface area contributed by atoms with Gasteiger partial charge in [0.1, 0.15) is 0 Å². The highest BCUT2D eigenvalue weighted by Gasteiger charge is 2.16. The minimum atomic E-state index is -4.00. The molecule has 0 bridgehead atoms. The summed E-state index contributed by atoms with van der Waals surface area (Å²) in [6, 6.07) is 13.3. The molecule has 1 unspecified atom stereocenters. The number of likely N-dealkylation sites (N-methyl/N-ethyl adjacent to an activating group) is 1. The Morgan fingerprint density at radius 3 is 2.39 bits per heavy atom. The van der Waals surface area contributed by atoms with Gasteiger partial charge in [0.15, 0.2) is 0 Å². The number of benzene rings is 2. The van der Waals surface area contributed by atoms with Crippen molar-refractivity contribution in [2.75, 3.05) is 23.9 Å². The van der Waals surface area contributed by atoms with Crippen LogP contribution in [0.3, 0.4) is 0 Å². The van der Waals surface area contributed by atoms with Crippen molar-refractivity contribution in [1.29, 1.82) is 0 Å². The molecule has 0 heterocycles. The van der Waals surface area contributed by atoms with Crippen LogP contribution >= 0.6 is 11.6 Å². The van der Waals surface area contributed by atoms with E-state index < -0.39 is 6.18 Å². The first kappa shape index (κ1) is 26.1. The molecule has 3 N–H and O–H groups in total. The first-order valence-corrected chi connectivity index (χ1v) is 9.77. The minimum Gasteiger partial charge on any atom is -0.372 e. The quantitative estimate of drug-likeness (QED) is 0.363. The van der Waals surface area contributed by atoms with Gasteiger partial charge in [-0.05, 0) is 47.9 Å². The first-order chi connectivity index (χ1) is 14.6. The van der Waals surface area contributed by atoms with Gasteiger partial charge in [-0.2, -0.15) is 13.2 Å². The lowest BCUT2D eigenvalue weighted by Gasteiger charge is -2.26. The van der Waals surface area contributed by atoms with E-state index in [-0.39, 0.29) is 13.0 Å². The largest absolute Gasteiger partial charge is 0.386 e. The monoisotopic (exact) mass is 458 g/mol. The average Bonchev–Trinajstić information content (AvgIpc) is 2.70. The van der Waals surface area contributed by atoms with E-state index >= 15 is 0 Å². The molecule has 2 amide bonds. The zero-order valence-electron chi connectivity index (χ0n) is 17.5. The van der Waals surface area contributed by atoms with Crippen LogP contribution in [0.5, 0.6) is 0 Å². The fraction of sp³-hybridized carbons (Fsp3) is 0.333. The number of nitrogens with zero attached hydrogens (tertiary/aromatic N) is 1. The van der Waals surface area contributed by atoms with E-state index in [1.165, 1.54) is 0 Å². The molecule has 0 aromatic heterocycles. The van der Waals surface area contributed by atoms with Crippen LogP contribution in [0.15, 0.2) is 42.5 Å². The van der Waals surface area contributed by atoms with Gasteiger partial charge < -0.3 is 10.2 Å². The Balaban J connectivity index is 0.000000861. The maximum atomic E-state index is 11.1. The summed E-state index contributed by atoms with van der Waals surface area (Å²) in [5, 5.41) is 3.53. The van der Waals surface area contributed by atoms with Gasteiger partial charge in [0.25, 0.3) is 0 Å². The van der Waals surface area contributed by atoms with Crippen LogP contribution in [-0.4, -0.2) is 32.6 Å². The molecular weight excluding hydrogens is 433 g/mol. The van der Waals surface area contributed by atoms with Crippen molar-refractivity contribution >= 4 is 35.8 Å². The maximum Gasteiger partial charge on any atom is 0.386 e. The summed E-state index contributed by atoms with van der Waals surface area (Å²) in [7, 11) is 1.94. The van der Waals surface area contributed by atoms with E-state index in [0.717, 1.165) is 28.9 Å². The van der Waals surface area contributed by atoms with Gasteiger partial charge in [-0.25, -0.2) is 0 Å². The van der Waals surface area contributed by atoms with E-state index in [1.54, 1.807) is 0 Å². The molecule has 0 aliphatic rings. The third-order valence-electron chi connectivity index (χ3n) is 4.08. The number of halogens is 4. The van der Waals surface area contributed by atoms with Gasteiger partial charge in [0.2, 0.25) is 12.8 Å². The van der Waals surface area contributed by atoms with Crippen LogP contribution in [0.2, 0.25) is 5.02 Å². The fourth-order valence-corrected chi connectivity index (χ4v) is 3.00. The van der Waals surface area contributed by atoms with E-state index in [9.17, 15) is 22.8 Å². The summed E-state index contributed by atoms with van der Waals surface area (Å²) in [6.45, 7) is 2.81. The lowest BCUT2D eigenvalue weighted by molar-refractivity contribution is -0.111. The Morgan fingerprint density at radius 2 is 1.81 bits per heavy atom. The third-order valence-corrected chi connectivity index (χ3v) is 4.30. The zero-order valence-corrected chi connectivity index (χ0v) is 18.2.